The van der Waals surface area contributed by atoms with Crippen LogP contribution in [0.25, 0.3) is 10.9 Å². The number of nitrogens with zero attached hydrogens (tertiary/aromatic N) is 3. The lowest BCUT2D eigenvalue weighted by molar-refractivity contribution is -0.123. The molecule has 6 nitrogen and oxygen atoms in total. The van der Waals surface area contributed by atoms with Gasteiger partial charge in [0, 0.05) is 38.1 Å². The predicted octanol–water partition coefficient (Wildman–Crippen LogP) is 2.68. The Morgan fingerprint density at radius 2 is 1.79 bits per heavy atom. The van der Waals surface area contributed by atoms with Gasteiger partial charge in [0.05, 0.1) is 0 Å². The fourth-order valence-electron chi connectivity index (χ4n) is 3.43. The smallest absolute Gasteiger partial charge is 0.258 e. The fourth-order valence-corrected chi connectivity index (χ4v) is 3.43. The average Bonchev–Trinajstić information content (AvgIpc) is 2.77. The number of likely N-dealkylation sites (N-methyl/N-ethyl adjacent to an activating group) is 1. The van der Waals surface area contributed by atoms with E-state index in [1.54, 1.807) is 0 Å². The first-order valence-corrected chi connectivity index (χ1v) is 9.96. The number of amides is 1. The molecule has 0 bridgehead atoms. The summed E-state index contributed by atoms with van der Waals surface area (Å²) in [5.41, 5.74) is 1.85. The van der Waals surface area contributed by atoms with Crippen molar-refractivity contribution >= 4 is 22.6 Å². The molecule has 1 aliphatic rings. The Labute approximate surface area is 171 Å². The van der Waals surface area contributed by atoms with Crippen LogP contribution in [0.4, 0.5) is 5.82 Å². The molecule has 1 aromatic heterocycles. The molecule has 0 spiro atoms. The summed E-state index contributed by atoms with van der Waals surface area (Å²) in [4.78, 5) is 21.7. The van der Waals surface area contributed by atoms with Gasteiger partial charge < -0.3 is 19.9 Å². The maximum atomic E-state index is 12.2. The lowest BCUT2D eigenvalue weighted by atomic mass is 10.2. The van der Waals surface area contributed by atoms with E-state index < -0.39 is 0 Å². The highest BCUT2D eigenvalue weighted by Gasteiger charge is 2.16. The van der Waals surface area contributed by atoms with E-state index in [-0.39, 0.29) is 12.5 Å². The van der Waals surface area contributed by atoms with E-state index in [0.29, 0.717) is 12.3 Å². The van der Waals surface area contributed by atoms with Gasteiger partial charge in [0.25, 0.3) is 5.91 Å². The highest BCUT2D eigenvalue weighted by molar-refractivity contribution is 5.86. The molecular weight excluding hydrogens is 364 g/mol. The zero-order chi connectivity index (χ0) is 20.1. The van der Waals surface area contributed by atoms with Crippen LogP contribution in [-0.4, -0.2) is 55.6 Å². The number of rotatable bonds is 6. The minimum Gasteiger partial charge on any atom is -0.481 e. The number of benzene rings is 2. The third kappa shape index (κ3) is 4.84. The van der Waals surface area contributed by atoms with Crippen LogP contribution in [-0.2, 0) is 11.3 Å². The number of pyridine rings is 1. The first-order chi connectivity index (χ1) is 14.2. The van der Waals surface area contributed by atoms with Crippen molar-refractivity contribution in [2.75, 3.05) is 44.7 Å². The Balaban J connectivity index is 1.42. The molecule has 29 heavy (non-hydrogen) atoms. The molecule has 0 radical (unpaired) electrons. The van der Waals surface area contributed by atoms with Crippen LogP contribution < -0.4 is 15.0 Å². The van der Waals surface area contributed by atoms with Crippen LogP contribution in [0.1, 0.15) is 5.56 Å². The van der Waals surface area contributed by atoms with Crippen molar-refractivity contribution in [1.82, 2.24) is 15.2 Å². The van der Waals surface area contributed by atoms with Crippen molar-refractivity contribution in [2.24, 2.45) is 0 Å². The van der Waals surface area contributed by atoms with Gasteiger partial charge in [-0.3, -0.25) is 4.79 Å². The Morgan fingerprint density at radius 1 is 1.00 bits per heavy atom. The molecule has 150 valence electrons. The normalized spacial score (nSPS) is 14.7. The van der Waals surface area contributed by atoms with Gasteiger partial charge in [-0.05, 0) is 30.8 Å². The number of piperazine rings is 1. The fraction of sp³-hybridized carbons (Fsp3) is 0.304. The van der Waals surface area contributed by atoms with Crippen molar-refractivity contribution in [1.29, 1.82) is 0 Å². The van der Waals surface area contributed by atoms with Crippen LogP contribution in [0.5, 0.6) is 5.75 Å². The van der Waals surface area contributed by atoms with Crippen molar-refractivity contribution in [3.05, 3.63) is 66.2 Å². The van der Waals surface area contributed by atoms with Gasteiger partial charge in [0.15, 0.2) is 6.61 Å². The molecule has 1 aliphatic heterocycles. The van der Waals surface area contributed by atoms with E-state index in [0.717, 1.165) is 48.5 Å². The average molecular weight is 390 g/mol. The SMILES string of the molecule is CN1CCN(c2ccc3cccc(OCC(=O)NCc4ccccc4)c3n2)CC1. The number of hydrogen-bond donors (Lipinski definition) is 1. The Hall–Kier alpha value is -3.12. The van der Waals surface area contributed by atoms with E-state index >= 15 is 0 Å². The van der Waals surface area contributed by atoms with Crippen LogP contribution in [0.3, 0.4) is 0 Å². The summed E-state index contributed by atoms with van der Waals surface area (Å²) in [5.74, 6) is 1.43. The largest absolute Gasteiger partial charge is 0.481 e. The van der Waals surface area contributed by atoms with Gasteiger partial charge in [-0.1, -0.05) is 42.5 Å². The summed E-state index contributed by atoms with van der Waals surface area (Å²) < 4.78 is 5.83. The summed E-state index contributed by atoms with van der Waals surface area (Å²) in [6.07, 6.45) is 0. The second-order valence-corrected chi connectivity index (χ2v) is 7.34. The second-order valence-electron chi connectivity index (χ2n) is 7.34. The van der Waals surface area contributed by atoms with E-state index in [2.05, 4.69) is 34.3 Å². The maximum absolute atomic E-state index is 12.2. The Morgan fingerprint density at radius 3 is 2.59 bits per heavy atom. The Kier molecular flexibility index (Phi) is 5.91. The topological polar surface area (TPSA) is 57.7 Å². The number of aromatic nitrogens is 1. The third-order valence-corrected chi connectivity index (χ3v) is 5.19. The molecule has 1 saturated heterocycles. The van der Waals surface area contributed by atoms with Gasteiger partial charge in [0.2, 0.25) is 0 Å². The van der Waals surface area contributed by atoms with Gasteiger partial charge in [-0.2, -0.15) is 0 Å². The molecule has 0 unspecified atom stereocenters. The third-order valence-electron chi connectivity index (χ3n) is 5.19. The van der Waals surface area contributed by atoms with Gasteiger partial charge in [0.1, 0.15) is 17.1 Å². The number of hydrogen-bond acceptors (Lipinski definition) is 5. The summed E-state index contributed by atoms with van der Waals surface area (Å²) >= 11 is 0. The molecule has 3 aromatic rings. The lowest BCUT2D eigenvalue weighted by Crippen LogP contribution is -2.44. The number of nitrogens with one attached hydrogen (secondary N) is 1. The molecule has 0 aliphatic carbocycles. The van der Waals surface area contributed by atoms with Crippen molar-refractivity contribution in [3.63, 3.8) is 0 Å². The molecule has 0 atom stereocenters. The van der Waals surface area contributed by atoms with Crippen molar-refractivity contribution < 1.29 is 9.53 Å². The highest BCUT2D eigenvalue weighted by atomic mass is 16.5. The molecule has 1 N–H and O–H groups in total. The molecule has 2 heterocycles. The number of carbonyl (C=O) groups excluding carboxylic acids is 1. The molecule has 2 aromatic carbocycles. The zero-order valence-electron chi connectivity index (χ0n) is 16.7. The maximum Gasteiger partial charge on any atom is 0.258 e. The minimum absolute atomic E-state index is 0.0354. The summed E-state index contributed by atoms with van der Waals surface area (Å²) in [5, 5.41) is 3.89. The van der Waals surface area contributed by atoms with E-state index in [4.69, 9.17) is 9.72 Å². The van der Waals surface area contributed by atoms with Crippen LogP contribution in [0.2, 0.25) is 0 Å². The minimum atomic E-state index is -0.152. The molecule has 1 amide bonds. The predicted molar refractivity (Wildman–Crippen MR) is 115 cm³/mol. The molecule has 1 fully saturated rings. The van der Waals surface area contributed by atoms with Crippen molar-refractivity contribution in [2.45, 2.75) is 6.54 Å². The molecule has 6 heteroatoms. The van der Waals surface area contributed by atoms with Crippen LogP contribution in [0.15, 0.2) is 60.7 Å². The zero-order valence-corrected chi connectivity index (χ0v) is 16.7. The van der Waals surface area contributed by atoms with E-state index in [1.807, 2.05) is 48.5 Å². The van der Waals surface area contributed by atoms with Crippen LogP contribution >= 0.6 is 0 Å². The Bertz CT molecular complexity index is 969. The lowest BCUT2D eigenvalue weighted by Gasteiger charge is -2.33. The highest BCUT2D eigenvalue weighted by Crippen LogP contribution is 2.27. The summed E-state index contributed by atoms with van der Waals surface area (Å²) in [6.45, 7) is 4.43. The number of ether oxygens (including phenoxy) is 1. The number of fused-ring (bicyclic) bond motifs is 1. The first-order valence-electron chi connectivity index (χ1n) is 9.96. The second kappa shape index (κ2) is 8.92. The van der Waals surface area contributed by atoms with Gasteiger partial charge in [-0.25, -0.2) is 4.98 Å². The van der Waals surface area contributed by atoms with E-state index in [1.165, 1.54) is 0 Å². The van der Waals surface area contributed by atoms with Crippen molar-refractivity contribution in [3.8, 4) is 5.75 Å². The molecule has 0 saturated carbocycles. The number of carbonyl (C=O) groups is 1. The molecular formula is C23H26N4O2. The summed E-state index contributed by atoms with van der Waals surface area (Å²) in [7, 11) is 2.14. The van der Waals surface area contributed by atoms with E-state index in [9.17, 15) is 4.79 Å². The van der Waals surface area contributed by atoms with Gasteiger partial charge in [-0.15, -0.1) is 0 Å². The van der Waals surface area contributed by atoms with Gasteiger partial charge >= 0.3 is 0 Å². The van der Waals surface area contributed by atoms with Crippen LogP contribution in [0, 0.1) is 0 Å². The standard InChI is InChI=1S/C23H26N4O2/c1-26-12-14-27(15-13-26)21-11-10-19-8-5-9-20(23(19)25-21)29-17-22(28)24-16-18-6-3-2-4-7-18/h2-11H,12-17H2,1H3,(H,24,28). The molecule has 4 rings (SSSR count). The summed E-state index contributed by atoms with van der Waals surface area (Å²) in [6, 6.07) is 19.8. The number of anilines is 1. The monoisotopic (exact) mass is 390 g/mol. The quantitative estimate of drug-likeness (QED) is 0.701. The number of para-hydroxylation sites is 1. The first kappa shape index (κ1) is 19.2.